The lowest BCUT2D eigenvalue weighted by atomic mass is 9.79. The number of aryl methyl sites for hydroxylation is 2. The molecule has 0 bridgehead atoms. The predicted molar refractivity (Wildman–Crippen MR) is 364 cm³/mol. The number of nitrogens with two attached hydrogens (primary N) is 2. The van der Waals surface area contributed by atoms with Gasteiger partial charge in [0.25, 0.3) is 0 Å². The van der Waals surface area contributed by atoms with E-state index in [0.717, 1.165) is 105 Å². The summed E-state index contributed by atoms with van der Waals surface area (Å²) in [4.78, 5) is 12.0. The zero-order valence-corrected chi connectivity index (χ0v) is 54.5. The first-order valence-electron chi connectivity index (χ1n) is 31.1. The normalized spacial score (nSPS) is 15.4. The molecule has 1 saturated heterocycles. The molecule has 10 heteroatoms. The Balaban J connectivity index is 0.000000850. The van der Waals surface area contributed by atoms with Crippen molar-refractivity contribution in [3.63, 3.8) is 0 Å². The minimum atomic E-state index is -1.96. The molecule has 83 heavy (non-hydrogen) atoms. The number of hydrogen-bond donors (Lipinski definition) is 3. The average molecular weight is 1150 g/mol. The van der Waals surface area contributed by atoms with E-state index < -0.39 is 9.52 Å². The highest BCUT2D eigenvalue weighted by atomic mass is 32.2. The second-order valence-electron chi connectivity index (χ2n) is 25.4. The fourth-order valence-electron chi connectivity index (χ4n) is 11.7. The van der Waals surface area contributed by atoms with Crippen molar-refractivity contribution in [3.8, 4) is 34.2 Å². The second-order valence-corrected chi connectivity index (χ2v) is 28.1. The number of nitrogens with zero attached hydrogens (tertiary/aromatic N) is 5. The van der Waals surface area contributed by atoms with Crippen molar-refractivity contribution < 1.29 is 4.21 Å². The number of aromatic nitrogens is 2. The molecule has 3 aromatic carbocycles. The van der Waals surface area contributed by atoms with Crippen LogP contribution in [0, 0.1) is 36.0 Å². The number of nitrogens with one attached hydrogen (secondary N) is 1. The molecule has 452 valence electrons. The minimum absolute atomic E-state index is 0.00123. The molecule has 9 nitrogen and oxygen atoms in total. The molecule has 3 heterocycles. The highest BCUT2D eigenvalue weighted by molar-refractivity contribution is 8.00. The standard InChI is InChI=1S/C61H89N7OS.C6H7N.C6H12/c1-17-46(9)58-54(38-49(42-63-58)23-22-30-67-31-33-70(16,69)34-32-67)60-55(41-61(12,13)27-26-43(4)5)53-40-51(24-25-57(53)68(60)19-3)52-36-45(8)35-50(37-52)39-56(48(11)66(15)29-21-20-28-62)64-47(10)59(44(6)7)65(14)18-2;7-6-4-2-1-3-5-6;1-6-4-2-3-5-6/h18,24-25,35-38,40,42,44,46,56,59,64H,2,4,10-11,16-17,19-21,26-34,39,41,62H2,1,3,5-9,12-15H3;1-5H,7H2;6H,2-5H2,1H3. The number of pyridine rings is 1. The molecule has 2 fully saturated rings. The predicted octanol–water partition coefficient (Wildman–Crippen LogP) is 15.3. The van der Waals surface area contributed by atoms with Crippen molar-refractivity contribution in [2.45, 2.75) is 164 Å². The Morgan fingerprint density at radius 2 is 1.65 bits per heavy atom. The van der Waals surface area contributed by atoms with Crippen molar-refractivity contribution in [2.75, 3.05) is 64.1 Å². The van der Waals surface area contributed by atoms with Crippen molar-refractivity contribution in [1.82, 2.24) is 29.6 Å². The van der Waals surface area contributed by atoms with Crippen molar-refractivity contribution in [3.05, 3.63) is 156 Å². The zero-order valence-electron chi connectivity index (χ0n) is 53.6. The zero-order chi connectivity index (χ0) is 61.0. The van der Waals surface area contributed by atoms with E-state index in [1.165, 1.54) is 81.2 Å². The summed E-state index contributed by atoms with van der Waals surface area (Å²) in [7, 11) is 2.26. The number of rotatable bonds is 25. The van der Waals surface area contributed by atoms with E-state index in [1.807, 2.05) is 42.7 Å². The summed E-state index contributed by atoms with van der Waals surface area (Å²) < 4.78 is 15.1. The van der Waals surface area contributed by atoms with Gasteiger partial charge in [-0.3, -0.25) is 14.1 Å². The van der Waals surface area contributed by atoms with Crippen LogP contribution in [0.2, 0.25) is 0 Å². The van der Waals surface area contributed by atoms with E-state index in [4.69, 9.17) is 16.5 Å². The van der Waals surface area contributed by atoms with Crippen LogP contribution in [0.15, 0.2) is 128 Å². The highest BCUT2D eigenvalue weighted by Gasteiger charge is 2.29. The first-order valence-corrected chi connectivity index (χ1v) is 33.1. The Kier molecular flexibility index (Phi) is 26.4. The molecule has 2 aromatic heterocycles. The number of anilines is 1. The average Bonchev–Trinajstić information content (AvgIpc) is 3.22. The van der Waals surface area contributed by atoms with Crippen LogP contribution in [-0.2, 0) is 28.9 Å². The smallest absolute Gasteiger partial charge is 0.0696 e. The maximum Gasteiger partial charge on any atom is 0.0696 e. The van der Waals surface area contributed by atoms with Gasteiger partial charge in [-0.15, -0.1) is 6.58 Å². The van der Waals surface area contributed by atoms with Gasteiger partial charge in [-0.1, -0.05) is 159 Å². The molecule has 0 amide bonds. The van der Waals surface area contributed by atoms with E-state index in [-0.39, 0.29) is 23.4 Å². The Morgan fingerprint density at radius 1 is 0.964 bits per heavy atom. The van der Waals surface area contributed by atoms with Crippen LogP contribution in [0.25, 0.3) is 33.3 Å². The van der Waals surface area contributed by atoms with Crippen molar-refractivity contribution in [2.24, 2.45) is 23.0 Å². The summed E-state index contributed by atoms with van der Waals surface area (Å²) >= 11 is 0. The summed E-state index contributed by atoms with van der Waals surface area (Å²) in [6.45, 7) is 45.0. The lowest BCUT2D eigenvalue weighted by Crippen LogP contribution is -2.45. The molecule has 1 aliphatic heterocycles. The van der Waals surface area contributed by atoms with Crippen molar-refractivity contribution in [1.29, 1.82) is 0 Å². The maximum absolute atomic E-state index is 12.5. The number of benzene rings is 3. The molecule has 0 spiro atoms. The Bertz CT molecular complexity index is 3080. The van der Waals surface area contributed by atoms with Gasteiger partial charge < -0.3 is 31.2 Å². The number of para-hydroxylation sites is 1. The molecule has 7 rings (SSSR count). The molecular formula is C73H108N8OS. The molecule has 5 N–H and O–H groups in total. The third kappa shape index (κ3) is 20.4. The highest BCUT2D eigenvalue weighted by Crippen LogP contribution is 2.43. The fourth-order valence-corrected chi connectivity index (χ4v) is 13.1. The van der Waals surface area contributed by atoms with E-state index in [2.05, 4.69) is 194 Å². The largest absolute Gasteiger partial charge is 0.399 e. The number of fused-ring (bicyclic) bond motifs is 1. The van der Waals surface area contributed by atoms with Crippen LogP contribution in [0.5, 0.6) is 0 Å². The summed E-state index contributed by atoms with van der Waals surface area (Å²) in [5.74, 6) is 13.8. The van der Waals surface area contributed by atoms with Crippen LogP contribution in [0.4, 0.5) is 5.69 Å². The molecule has 3 atom stereocenters. The number of likely N-dealkylation sites (N-methyl/N-ethyl adjacent to an activating group) is 2. The topological polar surface area (TPSA) is 109 Å². The molecule has 2 aliphatic rings. The molecule has 3 unspecified atom stereocenters. The third-order valence-corrected chi connectivity index (χ3v) is 18.8. The van der Waals surface area contributed by atoms with Gasteiger partial charge in [0.05, 0.1) is 30.0 Å². The Labute approximate surface area is 505 Å². The third-order valence-electron chi connectivity index (χ3n) is 17.0. The van der Waals surface area contributed by atoms with Gasteiger partial charge in [-0.2, -0.15) is 0 Å². The first kappa shape index (κ1) is 67.8. The first-order chi connectivity index (χ1) is 39.4. The minimum Gasteiger partial charge on any atom is -0.399 e. The molecule has 5 aromatic rings. The molecule has 1 aliphatic carbocycles. The number of unbranched alkanes of at least 4 members (excludes halogenated alkanes) is 1. The number of nitrogen functional groups attached to an aromatic ring is 1. The molecular weight excluding hydrogens is 1040 g/mol. The van der Waals surface area contributed by atoms with E-state index >= 15 is 0 Å². The van der Waals surface area contributed by atoms with E-state index in [9.17, 15) is 4.21 Å². The van der Waals surface area contributed by atoms with Gasteiger partial charge in [0.1, 0.15) is 0 Å². The van der Waals surface area contributed by atoms with E-state index in [1.54, 1.807) is 0 Å². The van der Waals surface area contributed by atoms with Gasteiger partial charge in [0.2, 0.25) is 0 Å². The van der Waals surface area contributed by atoms with Gasteiger partial charge in [0.15, 0.2) is 0 Å². The number of allylic oxidation sites excluding steroid dienone is 1. The lowest BCUT2D eigenvalue weighted by molar-refractivity contribution is 0.277. The maximum atomic E-state index is 12.5. The SMILES string of the molecule is C=CN(C)C(C(=C)NC(Cc1cc(C)cc(-c2ccc3c(c2)c(CC(C)(C)CCC(=C)C)c(-c2cc(C#CCN4CCS(=C)(=O)CC4)cnc2C(C)CC)n3CC)c1)C(=C)N(C)CCCCN)C(C)C.CC1CCCC1.Nc1ccccc1. The van der Waals surface area contributed by atoms with Crippen LogP contribution in [0.1, 0.15) is 154 Å². The quantitative estimate of drug-likeness (QED) is 0.0174. The van der Waals surface area contributed by atoms with E-state index in [0.29, 0.717) is 30.5 Å². The lowest BCUT2D eigenvalue weighted by Gasteiger charge is -2.36. The number of hydrogen-bond acceptors (Lipinski definition) is 8. The Hall–Kier alpha value is -5.99. The fraction of sp³-hybridized carbons (Fsp3) is 0.507. The van der Waals surface area contributed by atoms with Crippen LogP contribution in [-0.4, -0.2) is 105 Å². The summed E-state index contributed by atoms with van der Waals surface area (Å²) in [5, 5.41) is 5.16. The van der Waals surface area contributed by atoms with Crippen LogP contribution in [0.3, 0.4) is 0 Å². The van der Waals surface area contributed by atoms with Crippen LogP contribution < -0.4 is 16.8 Å². The molecule has 1 saturated carbocycles. The van der Waals surface area contributed by atoms with Gasteiger partial charge in [0, 0.05) is 97.1 Å². The second kappa shape index (κ2) is 32.3. The van der Waals surface area contributed by atoms with Crippen molar-refractivity contribution >= 4 is 32.0 Å². The summed E-state index contributed by atoms with van der Waals surface area (Å²) in [5.41, 5.74) is 27.2. The monoisotopic (exact) mass is 1140 g/mol. The van der Waals surface area contributed by atoms with Gasteiger partial charge in [-0.25, -0.2) is 0 Å². The molecule has 0 radical (unpaired) electrons. The van der Waals surface area contributed by atoms with Gasteiger partial charge in [-0.05, 0) is 170 Å². The summed E-state index contributed by atoms with van der Waals surface area (Å²) in [6, 6.07) is 25.9. The Morgan fingerprint density at radius 3 is 2.22 bits per heavy atom. The summed E-state index contributed by atoms with van der Waals surface area (Å²) in [6.07, 6.45) is 16.4. The van der Waals surface area contributed by atoms with Gasteiger partial charge >= 0.3 is 0 Å². The van der Waals surface area contributed by atoms with Crippen LogP contribution >= 0.6 is 0 Å².